The second-order valence-electron chi connectivity index (χ2n) is 3.94. The fraction of sp³-hybridized carbons (Fsp3) is 0.364. The van der Waals surface area contributed by atoms with E-state index in [1.165, 1.54) is 0 Å². The first-order valence-electron chi connectivity index (χ1n) is 5.22. The number of hydrogen-bond acceptors (Lipinski definition) is 2. The van der Waals surface area contributed by atoms with E-state index in [-0.39, 0.29) is 24.5 Å². The number of hydrogen-bond donors (Lipinski definition) is 2. The molecule has 0 radical (unpaired) electrons. The van der Waals surface area contributed by atoms with E-state index in [0.29, 0.717) is 23.8 Å². The molecule has 2 amide bonds. The van der Waals surface area contributed by atoms with E-state index in [0.717, 1.165) is 6.42 Å². The van der Waals surface area contributed by atoms with Gasteiger partial charge in [-0.2, -0.15) is 0 Å². The average Bonchev–Trinajstić information content (AvgIpc) is 2.65. The average molecular weight is 276 g/mol. The highest BCUT2D eigenvalue weighted by Gasteiger charge is 2.23. The van der Waals surface area contributed by atoms with E-state index in [1.54, 1.807) is 29.2 Å². The van der Waals surface area contributed by atoms with Crippen molar-refractivity contribution in [2.24, 2.45) is 5.73 Å². The second kappa shape index (κ2) is 6.10. The van der Waals surface area contributed by atoms with E-state index in [1.807, 2.05) is 0 Å². The fourth-order valence-corrected chi connectivity index (χ4v) is 1.93. The quantitative estimate of drug-likeness (QED) is 0.827. The fourth-order valence-electron chi connectivity index (χ4n) is 1.74. The zero-order valence-electron chi connectivity index (χ0n) is 9.23. The van der Waals surface area contributed by atoms with Gasteiger partial charge in [0.1, 0.15) is 0 Å². The van der Waals surface area contributed by atoms with Crippen molar-refractivity contribution in [3.8, 4) is 0 Å². The van der Waals surface area contributed by atoms with Gasteiger partial charge >= 0.3 is 6.03 Å². The Morgan fingerprint density at radius 2 is 2.29 bits per heavy atom. The molecule has 94 valence electrons. The molecule has 6 heteroatoms. The van der Waals surface area contributed by atoms with Crippen molar-refractivity contribution < 1.29 is 4.79 Å². The molecule has 1 fully saturated rings. The lowest BCUT2D eigenvalue weighted by Gasteiger charge is -2.16. The molecule has 1 aromatic rings. The maximum Gasteiger partial charge on any atom is 0.321 e. The highest BCUT2D eigenvalue weighted by molar-refractivity contribution is 6.30. The van der Waals surface area contributed by atoms with Crippen LogP contribution in [0.5, 0.6) is 0 Å². The van der Waals surface area contributed by atoms with Gasteiger partial charge in [0.25, 0.3) is 0 Å². The topological polar surface area (TPSA) is 58.4 Å². The number of nitrogens with one attached hydrogen (secondary N) is 1. The van der Waals surface area contributed by atoms with Gasteiger partial charge < -0.3 is 16.0 Å². The van der Waals surface area contributed by atoms with Crippen LogP contribution in [0.4, 0.5) is 10.5 Å². The Labute approximate surface area is 112 Å². The number of likely N-dealkylation sites (tertiary alicyclic amines) is 1. The Balaban J connectivity index is 0.00000144. The number of benzene rings is 1. The van der Waals surface area contributed by atoms with Crippen LogP contribution in [0.25, 0.3) is 0 Å². The van der Waals surface area contributed by atoms with Gasteiger partial charge in [-0.1, -0.05) is 17.7 Å². The van der Waals surface area contributed by atoms with Gasteiger partial charge in [0.05, 0.1) is 0 Å². The maximum atomic E-state index is 11.8. The van der Waals surface area contributed by atoms with E-state index in [9.17, 15) is 4.79 Å². The van der Waals surface area contributed by atoms with Gasteiger partial charge in [0.15, 0.2) is 0 Å². The number of urea groups is 1. The molecule has 0 spiro atoms. The molecular formula is C11H15Cl2N3O. The van der Waals surface area contributed by atoms with Crippen LogP contribution in [0.15, 0.2) is 24.3 Å². The van der Waals surface area contributed by atoms with Crippen LogP contribution in [-0.2, 0) is 0 Å². The summed E-state index contributed by atoms with van der Waals surface area (Å²) in [5.41, 5.74) is 6.44. The van der Waals surface area contributed by atoms with Crippen LogP contribution >= 0.6 is 24.0 Å². The summed E-state index contributed by atoms with van der Waals surface area (Å²) in [6, 6.07) is 7.08. The number of nitrogens with two attached hydrogens (primary N) is 1. The number of rotatable bonds is 1. The largest absolute Gasteiger partial charge is 0.326 e. The molecular weight excluding hydrogens is 261 g/mol. The molecule has 0 aromatic heterocycles. The molecule has 0 aliphatic carbocycles. The minimum atomic E-state index is -0.116. The molecule has 0 bridgehead atoms. The molecule has 2 rings (SSSR count). The third-order valence-electron chi connectivity index (χ3n) is 2.59. The summed E-state index contributed by atoms with van der Waals surface area (Å²) in [5, 5.41) is 3.40. The summed E-state index contributed by atoms with van der Waals surface area (Å²) in [6.45, 7) is 1.33. The molecule has 4 nitrogen and oxygen atoms in total. The normalized spacial score (nSPS) is 18.7. The zero-order valence-corrected chi connectivity index (χ0v) is 10.8. The third-order valence-corrected chi connectivity index (χ3v) is 2.82. The summed E-state index contributed by atoms with van der Waals surface area (Å²) in [5.74, 6) is 0. The van der Waals surface area contributed by atoms with Crippen molar-refractivity contribution in [2.75, 3.05) is 18.4 Å². The standard InChI is InChI=1S/C11H14ClN3O.ClH/c12-8-2-1-3-10(6-8)14-11(16)15-5-4-9(13)7-15;/h1-3,6,9H,4-5,7,13H2,(H,14,16);1H. The predicted molar refractivity (Wildman–Crippen MR) is 71.9 cm³/mol. The minimum Gasteiger partial charge on any atom is -0.326 e. The van der Waals surface area contributed by atoms with Crippen LogP contribution in [0.2, 0.25) is 5.02 Å². The molecule has 1 heterocycles. The zero-order chi connectivity index (χ0) is 11.5. The van der Waals surface area contributed by atoms with E-state index < -0.39 is 0 Å². The summed E-state index contributed by atoms with van der Waals surface area (Å²) in [6.07, 6.45) is 0.864. The van der Waals surface area contributed by atoms with Crippen LogP contribution in [0.3, 0.4) is 0 Å². The van der Waals surface area contributed by atoms with Crippen LogP contribution < -0.4 is 11.1 Å². The Morgan fingerprint density at radius 1 is 1.53 bits per heavy atom. The number of amides is 2. The summed E-state index contributed by atoms with van der Waals surface area (Å²) in [7, 11) is 0. The van der Waals surface area contributed by atoms with E-state index >= 15 is 0 Å². The smallest absolute Gasteiger partial charge is 0.321 e. The molecule has 1 aliphatic rings. The molecule has 0 saturated carbocycles. The van der Waals surface area contributed by atoms with Crippen LogP contribution in [-0.4, -0.2) is 30.1 Å². The number of nitrogens with zero attached hydrogens (tertiary/aromatic N) is 1. The lowest BCUT2D eigenvalue weighted by Crippen LogP contribution is -2.35. The Morgan fingerprint density at radius 3 is 2.88 bits per heavy atom. The highest BCUT2D eigenvalue weighted by atomic mass is 35.5. The maximum absolute atomic E-state index is 11.8. The SMILES string of the molecule is Cl.NC1CCN(C(=O)Nc2cccc(Cl)c2)C1. The third kappa shape index (κ3) is 3.77. The summed E-state index contributed by atoms with van der Waals surface area (Å²) >= 11 is 5.83. The summed E-state index contributed by atoms with van der Waals surface area (Å²) in [4.78, 5) is 13.5. The van der Waals surface area contributed by atoms with Crippen molar-refractivity contribution >= 4 is 35.7 Å². The Kier molecular flexibility index (Phi) is 5.05. The molecule has 3 N–H and O–H groups in total. The highest BCUT2D eigenvalue weighted by Crippen LogP contribution is 2.16. The molecule has 1 atom stereocenters. The van der Waals surface area contributed by atoms with Gasteiger partial charge in [-0.3, -0.25) is 0 Å². The van der Waals surface area contributed by atoms with Gasteiger partial charge in [-0.15, -0.1) is 12.4 Å². The van der Waals surface area contributed by atoms with Crippen molar-refractivity contribution in [2.45, 2.75) is 12.5 Å². The Hall–Kier alpha value is -0.970. The molecule has 1 aliphatic heterocycles. The van der Waals surface area contributed by atoms with Gasteiger partial charge in [-0.25, -0.2) is 4.79 Å². The van der Waals surface area contributed by atoms with Gasteiger partial charge in [0.2, 0.25) is 0 Å². The van der Waals surface area contributed by atoms with Gasteiger partial charge in [-0.05, 0) is 24.6 Å². The number of carbonyl (C=O) groups excluding carboxylic acids is 1. The Bertz CT molecular complexity index is 400. The summed E-state index contributed by atoms with van der Waals surface area (Å²) < 4.78 is 0. The van der Waals surface area contributed by atoms with E-state index in [2.05, 4.69) is 5.32 Å². The lowest BCUT2D eigenvalue weighted by molar-refractivity contribution is 0.222. The minimum absolute atomic E-state index is 0. The van der Waals surface area contributed by atoms with Crippen molar-refractivity contribution in [3.63, 3.8) is 0 Å². The molecule has 1 saturated heterocycles. The van der Waals surface area contributed by atoms with Crippen molar-refractivity contribution in [1.29, 1.82) is 0 Å². The molecule has 17 heavy (non-hydrogen) atoms. The number of anilines is 1. The first-order valence-corrected chi connectivity index (χ1v) is 5.60. The molecule has 1 unspecified atom stereocenters. The van der Waals surface area contributed by atoms with Gasteiger partial charge in [0, 0.05) is 29.8 Å². The van der Waals surface area contributed by atoms with Crippen LogP contribution in [0.1, 0.15) is 6.42 Å². The van der Waals surface area contributed by atoms with Crippen LogP contribution in [0, 0.1) is 0 Å². The number of halogens is 2. The van der Waals surface area contributed by atoms with Crippen molar-refractivity contribution in [3.05, 3.63) is 29.3 Å². The molecule has 1 aromatic carbocycles. The first-order chi connectivity index (χ1) is 7.65. The van der Waals surface area contributed by atoms with Crippen molar-refractivity contribution in [1.82, 2.24) is 4.90 Å². The number of carbonyl (C=O) groups is 1. The van der Waals surface area contributed by atoms with E-state index in [4.69, 9.17) is 17.3 Å². The first kappa shape index (κ1) is 14.1. The monoisotopic (exact) mass is 275 g/mol. The predicted octanol–water partition coefficient (Wildman–Crippen LogP) is 2.33. The second-order valence-corrected chi connectivity index (χ2v) is 4.37. The lowest BCUT2D eigenvalue weighted by atomic mass is 10.3.